The van der Waals surface area contributed by atoms with Gasteiger partial charge in [0.15, 0.2) is 0 Å². The zero-order valence-corrected chi connectivity index (χ0v) is 9.20. The predicted octanol–water partition coefficient (Wildman–Crippen LogP) is -0.497. The molecule has 0 aromatic carbocycles. The number of nitrogens with two attached hydrogens (primary N) is 1. The summed E-state index contributed by atoms with van der Waals surface area (Å²) in [5.41, 5.74) is 5.31. The van der Waals surface area contributed by atoms with Crippen molar-refractivity contribution in [1.29, 1.82) is 0 Å². The lowest BCUT2D eigenvalue weighted by atomic mass is 10.1. The van der Waals surface area contributed by atoms with Crippen molar-refractivity contribution in [3.05, 3.63) is 0 Å². The molecule has 0 aliphatic carbocycles. The molecule has 88 valence electrons. The molecule has 0 aromatic heterocycles. The molecule has 3 N–H and O–H groups in total. The molecule has 0 saturated carbocycles. The minimum Gasteiger partial charge on any atom is -0.465 e. The lowest BCUT2D eigenvalue weighted by Gasteiger charge is -2.09. The minimum absolute atomic E-state index is 0.154. The number of hydrogen-bond donors (Lipinski definition) is 2. The SMILES string of the molecule is CCOC(=O)[C@@H]1CC(COCCN)CN1. The molecule has 0 aromatic rings. The Balaban J connectivity index is 2.17. The third-order valence-electron chi connectivity index (χ3n) is 2.41. The highest BCUT2D eigenvalue weighted by molar-refractivity contribution is 5.76. The number of rotatable bonds is 6. The van der Waals surface area contributed by atoms with Gasteiger partial charge in [0.2, 0.25) is 0 Å². The van der Waals surface area contributed by atoms with Gasteiger partial charge in [0.1, 0.15) is 6.04 Å². The van der Waals surface area contributed by atoms with E-state index in [2.05, 4.69) is 5.32 Å². The van der Waals surface area contributed by atoms with Crippen LogP contribution in [0.15, 0.2) is 0 Å². The highest BCUT2D eigenvalue weighted by atomic mass is 16.5. The molecule has 1 aliphatic rings. The van der Waals surface area contributed by atoms with Gasteiger partial charge in [-0.15, -0.1) is 0 Å². The first-order valence-electron chi connectivity index (χ1n) is 5.45. The van der Waals surface area contributed by atoms with Crippen LogP contribution in [0, 0.1) is 5.92 Å². The Morgan fingerprint density at radius 2 is 2.40 bits per heavy atom. The van der Waals surface area contributed by atoms with Crippen LogP contribution in [0.5, 0.6) is 0 Å². The summed E-state index contributed by atoms with van der Waals surface area (Å²) < 4.78 is 10.3. The van der Waals surface area contributed by atoms with Gasteiger partial charge in [-0.3, -0.25) is 4.79 Å². The lowest BCUT2D eigenvalue weighted by molar-refractivity contribution is -0.145. The fourth-order valence-electron chi connectivity index (χ4n) is 1.69. The van der Waals surface area contributed by atoms with Crippen LogP contribution in [-0.4, -0.2) is 44.9 Å². The van der Waals surface area contributed by atoms with Gasteiger partial charge in [-0.1, -0.05) is 0 Å². The second kappa shape index (κ2) is 6.76. The fourth-order valence-corrected chi connectivity index (χ4v) is 1.69. The first-order chi connectivity index (χ1) is 7.27. The van der Waals surface area contributed by atoms with Crippen LogP contribution in [0.4, 0.5) is 0 Å². The van der Waals surface area contributed by atoms with Crippen molar-refractivity contribution in [2.75, 3.05) is 32.9 Å². The summed E-state index contributed by atoms with van der Waals surface area (Å²) in [6.07, 6.45) is 0.795. The second-order valence-electron chi connectivity index (χ2n) is 3.68. The van der Waals surface area contributed by atoms with E-state index in [-0.39, 0.29) is 12.0 Å². The molecule has 0 bridgehead atoms. The van der Waals surface area contributed by atoms with Crippen LogP contribution >= 0.6 is 0 Å². The Bertz CT molecular complexity index is 199. The van der Waals surface area contributed by atoms with Gasteiger partial charge in [-0.25, -0.2) is 0 Å². The summed E-state index contributed by atoms with van der Waals surface area (Å²) in [4.78, 5) is 11.4. The average Bonchev–Trinajstić information content (AvgIpc) is 2.67. The summed E-state index contributed by atoms with van der Waals surface area (Å²) in [5, 5.41) is 3.13. The van der Waals surface area contributed by atoms with E-state index >= 15 is 0 Å². The van der Waals surface area contributed by atoms with E-state index in [0.717, 1.165) is 13.0 Å². The van der Waals surface area contributed by atoms with Crippen LogP contribution in [-0.2, 0) is 14.3 Å². The third kappa shape index (κ3) is 4.15. The Hall–Kier alpha value is -0.650. The van der Waals surface area contributed by atoms with Crippen LogP contribution < -0.4 is 11.1 Å². The van der Waals surface area contributed by atoms with E-state index in [0.29, 0.717) is 32.3 Å². The Labute approximate surface area is 90.3 Å². The Morgan fingerprint density at radius 3 is 3.07 bits per heavy atom. The zero-order chi connectivity index (χ0) is 11.1. The molecule has 0 radical (unpaired) electrons. The number of carbonyl (C=O) groups excluding carboxylic acids is 1. The highest BCUT2D eigenvalue weighted by Gasteiger charge is 2.30. The first-order valence-corrected chi connectivity index (χ1v) is 5.45. The number of hydrogen-bond acceptors (Lipinski definition) is 5. The maximum absolute atomic E-state index is 11.4. The molecule has 1 unspecified atom stereocenters. The quantitative estimate of drug-likeness (QED) is 0.462. The molecule has 0 spiro atoms. The highest BCUT2D eigenvalue weighted by Crippen LogP contribution is 2.15. The van der Waals surface area contributed by atoms with E-state index in [1.165, 1.54) is 0 Å². The van der Waals surface area contributed by atoms with Gasteiger partial charge in [-0.05, 0) is 19.3 Å². The van der Waals surface area contributed by atoms with E-state index in [4.69, 9.17) is 15.2 Å². The molecular formula is C10H20N2O3. The van der Waals surface area contributed by atoms with Crippen molar-refractivity contribution >= 4 is 5.97 Å². The molecule has 2 atom stereocenters. The largest absolute Gasteiger partial charge is 0.465 e. The van der Waals surface area contributed by atoms with Crippen molar-refractivity contribution < 1.29 is 14.3 Å². The molecule has 1 heterocycles. The summed E-state index contributed by atoms with van der Waals surface area (Å²) >= 11 is 0. The minimum atomic E-state index is -0.156. The van der Waals surface area contributed by atoms with Crippen LogP contribution in [0.25, 0.3) is 0 Å². The van der Waals surface area contributed by atoms with Crippen molar-refractivity contribution in [1.82, 2.24) is 5.32 Å². The van der Waals surface area contributed by atoms with Crippen molar-refractivity contribution in [2.24, 2.45) is 11.7 Å². The van der Waals surface area contributed by atoms with Gasteiger partial charge in [0, 0.05) is 13.1 Å². The van der Waals surface area contributed by atoms with Crippen molar-refractivity contribution in [3.8, 4) is 0 Å². The van der Waals surface area contributed by atoms with Crippen molar-refractivity contribution in [2.45, 2.75) is 19.4 Å². The first kappa shape index (κ1) is 12.4. The van der Waals surface area contributed by atoms with Gasteiger partial charge in [0.05, 0.1) is 19.8 Å². The molecule has 5 nitrogen and oxygen atoms in total. The van der Waals surface area contributed by atoms with E-state index in [1.54, 1.807) is 0 Å². The third-order valence-corrected chi connectivity index (χ3v) is 2.41. The number of esters is 1. The number of nitrogens with one attached hydrogen (secondary N) is 1. The summed E-state index contributed by atoms with van der Waals surface area (Å²) in [5.74, 6) is 0.241. The van der Waals surface area contributed by atoms with E-state index in [9.17, 15) is 4.79 Å². The van der Waals surface area contributed by atoms with E-state index < -0.39 is 0 Å². The van der Waals surface area contributed by atoms with Crippen LogP contribution in [0.1, 0.15) is 13.3 Å². The molecule has 0 amide bonds. The number of ether oxygens (including phenoxy) is 2. The molecular weight excluding hydrogens is 196 g/mol. The summed E-state index contributed by atoms with van der Waals surface area (Å²) in [6, 6.07) is -0.156. The maximum Gasteiger partial charge on any atom is 0.323 e. The van der Waals surface area contributed by atoms with E-state index in [1.807, 2.05) is 6.92 Å². The monoisotopic (exact) mass is 216 g/mol. The Kier molecular flexibility index (Phi) is 5.60. The normalized spacial score (nSPS) is 25.5. The summed E-state index contributed by atoms with van der Waals surface area (Å²) in [7, 11) is 0. The Morgan fingerprint density at radius 1 is 1.60 bits per heavy atom. The fraction of sp³-hybridized carbons (Fsp3) is 0.900. The number of carbonyl (C=O) groups is 1. The topological polar surface area (TPSA) is 73.6 Å². The van der Waals surface area contributed by atoms with Crippen LogP contribution in [0.2, 0.25) is 0 Å². The molecule has 1 rings (SSSR count). The van der Waals surface area contributed by atoms with Gasteiger partial charge in [-0.2, -0.15) is 0 Å². The second-order valence-corrected chi connectivity index (χ2v) is 3.68. The smallest absolute Gasteiger partial charge is 0.323 e. The zero-order valence-electron chi connectivity index (χ0n) is 9.20. The van der Waals surface area contributed by atoms with Gasteiger partial charge in [0.25, 0.3) is 0 Å². The van der Waals surface area contributed by atoms with Gasteiger partial charge >= 0.3 is 5.97 Å². The maximum atomic E-state index is 11.4. The van der Waals surface area contributed by atoms with Crippen molar-refractivity contribution in [3.63, 3.8) is 0 Å². The van der Waals surface area contributed by atoms with Crippen LogP contribution in [0.3, 0.4) is 0 Å². The lowest BCUT2D eigenvalue weighted by Crippen LogP contribution is -2.32. The molecule has 15 heavy (non-hydrogen) atoms. The molecule has 1 saturated heterocycles. The van der Waals surface area contributed by atoms with Gasteiger partial charge < -0.3 is 20.5 Å². The molecule has 5 heteroatoms. The predicted molar refractivity (Wildman–Crippen MR) is 56.4 cm³/mol. The standard InChI is InChI=1S/C10H20N2O3/c1-2-15-10(13)9-5-8(6-12-9)7-14-4-3-11/h8-9,12H,2-7,11H2,1H3/t8?,9-/m0/s1. The average molecular weight is 216 g/mol. The molecule has 1 fully saturated rings. The molecule has 1 aliphatic heterocycles. The summed E-state index contributed by atoms with van der Waals surface area (Å²) in [6.45, 7) is 4.86.